The summed E-state index contributed by atoms with van der Waals surface area (Å²) in [6.07, 6.45) is 3.04. The molecule has 1 saturated carbocycles. The van der Waals surface area contributed by atoms with Crippen molar-refractivity contribution in [2.75, 3.05) is 32.9 Å². The molecule has 2 rings (SSSR count). The van der Waals surface area contributed by atoms with Crippen LogP contribution in [-0.4, -0.2) is 60.2 Å². The van der Waals surface area contributed by atoms with Gasteiger partial charge in [-0.15, -0.1) is 0 Å². The summed E-state index contributed by atoms with van der Waals surface area (Å²) in [6, 6.07) is 0.111. The Hall–Kier alpha value is -0.160. The molecule has 1 heterocycles. The molecule has 4 nitrogen and oxygen atoms in total. The number of hydrogen-bond acceptors (Lipinski definition) is 4. The molecule has 112 valence electrons. The van der Waals surface area contributed by atoms with Crippen molar-refractivity contribution in [1.82, 2.24) is 4.90 Å². The van der Waals surface area contributed by atoms with Crippen LogP contribution in [0.1, 0.15) is 33.1 Å². The summed E-state index contributed by atoms with van der Waals surface area (Å²) in [5.41, 5.74) is 0. The maximum Gasteiger partial charge on any atom is 0.0644 e. The quantitative estimate of drug-likeness (QED) is 0.804. The monoisotopic (exact) mass is 271 g/mol. The summed E-state index contributed by atoms with van der Waals surface area (Å²) in [6.45, 7) is 7.85. The zero-order chi connectivity index (χ0) is 13.8. The maximum absolute atomic E-state index is 10.2. The van der Waals surface area contributed by atoms with Crippen molar-refractivity contribution in [3.8, 4) is 0 Å². The SMILES string of the molecule is CC(C)C1CCC(O)C(CN2CCOCC2CO)C1. The van der Waals surface area contributed by atoms with Gasteiger partial charge in [-0.25, -0.2) is 0 Å². The van der Waals surface area contributed by atoms with E-state index in [9.17, 15) is 10.2 Å². The van der Waals surface area contributed by atoms with Gasteiger partial charge in [0.15, 0.2) is 0 Å². The predicted molar refractivity (Wildman–Crippen MR) is 74.9 cm³/mol. The Balaban J connectivity index is 1.91. The first-order valence-electron chi connectivity index (χ1n) is 7.72. The maximum atomic E-state index is 10.2. The molecule has 0 bridgehead atoms. The third kappa shape index (κ3) is 3.91. The second-order valence-corrected chi connectivity index (χ2v) is 6.55. The first-order valence-corrected chi connectivity index (χ1v) is 7.72. The van der Waals surface area contributed by atoms with Gasteiger partial charge in [-0.05, 0) is 37.0 Å². The van der Waals surface area contributed by atoms with Crippen LogP contribution in [-0.2, 0) is 4.74 Å². The third-order valence-electron chi connectivity index (χ3n) is 4.95. The fraction of sp³-hybridized carbons (Fsp3) is 1.00. The Morgan fingerprint density at radius 1 is 1.32 bits per heavy atom. The lowest BCUT2D eigenvalue weighted by atomic mass is 9.74. The fourth-order valence-electron chi connectivity index (χ4n) is 3.48. The van der Waals surface area contributed by atoms with Crippen LogP contribution in [0.3, 0.4) is 0 Å². The molecule has 2 aliphatic rings. The van der Waals surface area contributed by atoms with Gasteiger partial charge >= 0.3 is 0 Å². The summed E-state index contributed by atoms with van der Waals surface area (Å²) < 4.78 is 5.41. The van der Waals surface area contributed by atoms with E-state index in [-0.39, 0.29) is 18.8 Å². The van der Waals surface area contributed by atoms with E-state index in [0.29, 0.717) is 18.4 Å². The van der Waals surface area contributed by atoms with Crippen molar-refractivity contribution in [2.45, 2.75) is 45.3 Å². The second kappa shape index (κ2) is 7.02. The molecule has 1 aliphatic heterocycles. The summed E-state index contributed by atoms with van der Waals surface area (Å²) in [5, 5.41) is 19.7. The lowest BCUT2D eigenvalue weighted by Gasteiger charge is -2.41. The van der Waals surface area contributed by atoms with Crippen molar-refractivity contribution in [2.24, 2.45) is 17.8 Å². The lowest BCUT2D eigenvalue weighted by Crippen LogP contribution is -2.51. The normalized spacial score (nSPS) is 37.7. The number of aliphatic hydroxyl groups is 2. The Kier molecular flexibility index (Phi) is 5.63. The van der Waals surface area contributed by atoms with Crippen molar-refractivity contribution in [1.29, 1.82) is 0 Å². The van der Waals surface area contributed by atoms with Crippen LogP contribution >= 0.6 is 0 Å². The molecule has 4 heteroatoms. The highest BCUT2D eigenvalue weighted by Gasteiger charge is 2.33. The largest absolute Gasteiger partial charge is 0.395 e. The van der Waals surface area contributed by atoms with E-state index in [4.69, 9.17) is 4.74 Å². The molecular weight excluding hydrogens is 242 g/mol. The predicted octanol–water partition coefficient (Wildman–Crippen LogP) is 1.11. The van der Waals surface area contributed by atoms with Crippen molar-refractivity contribution < 1.29 is 14.9 Å². The van der Waals surface area contributed by atoms with Crippen molar-refractivity contribution in [3.63, 3.8) is 0 Å². The molecule has 0 aromatic carbocycles. The average Bonchev–Trinajstić information content (AvgIpc) is 2.41. The molecule has 0 aromatic rings. The average molecular weight is 271 g/mol. The molecule has 19 heavy (non-hydrogen) atoms. The summed E-state index contributed by atoms with van der Waals surface area (Å²) in [5.74, 6) is 1.80. The minimum absolute atomic E-state index is 0.111. The van der Waals surface area contributed by atoms with Gasteiger partial charge in [0.2, 0.25) is 0 Å². The molecule has 1 saturated heterocycles. The Morgan fingerprint density at radius 3 is 2.79 bits per heavy atom. The van der Waals surface area contributed by atoms with Gasteiger partial charge < -0.3 is 14.9 Å². The molecule has 2 fully saturated rings. The molecule has 0 aromatic heterocycles. The standard InChI is InChI=1S/C15H29NO3/c1-11(2)12-3-4-15(18)13(7-12)8-16-5-6-19-10-14(16)9-17/h11-15,17-18H,3-10H2,1-2H3. The highest BCUT2D eigenvalue weighted by Crippen LogP contribution is 2.34. The molecule has 2 N–H and O–H groups in total. The zero-order valence-electron chi connectivity index (χ0n) is 12.3. The number of ether oxygens (including phenoxy) is 1. The van der Waals surface area contributed by atoms with Crippen LogP contribution in [0.2, 0.25) is 0 Å². The zero-order valence-corrected chi connectivity index (χ0v) is 12.3. The number of rotatable bonds is 4. The van der Waals surface area contributed by atoms with Crippen LogP contribution in [0.5, 0.6) is 0 Å². The van der Waals surface area contributed by atoms with Crippen LogP contribution in [0.15, 0.2) is 0 Å². The number of hydrogen-bond donors (Lipinski definition) is 2. The first kappa shape index (κ1) is 15.2. The Bertz CT molecular complexity index is 272. The van der Waals surface area contributed by atoms with Crippen LogP contribution in [0.25, 0.3) is 0 Å². The highest BCUT2D eigenvalue weighted by atomic mass is 16.5. The van der Waals surface area contributed by atoms with Crippen LogP contribution in [0.4, 0.5) is 0 Å². The summed E-state index contributed by atoms with van der Waals surface area (Å²) in [4.78, 5) is 2.31. The number of morpholine rings is 1. The van der Waals surface area contributed by atoms with E-state index in [2.05, 4.69) is 18.7 Å². The molecule has 4 atom stereocenters. The minimum Gasteiger partial charge on any atom is -0.395 e. The van der Waals surface area contributed by atoms with Crippen LogP contribution < -0.4 is 0 Å². The van der Waals surface area contributed by atoms with Crippen molar-refractivity contribution in [3.05, 3.63) is 0 Å². The highest BCUT2D eigenvalue weighted by molar-refractivity contribution is 4.85. The van der Waals surface area contributed by atoms with Gasteiger partial charge in [0.05, 0.1) is 32.0 Å². The van der Waals surface area contributed by atoms with Gasteiger partial charge in [-0.2, -0.15) is 0 Å². The fourth-order valence-corrected chi connectivity index (χ4v) is 3.48. The van der Waals surface area contributed by atoms with E-state index in [1.807, 2.05) is 0 Å². The van der Waals surface area contributed by atoms with E-state index >= 15 is 0 Å². The smallest absolute Gasteiger partial charge is 0.0644 e. The van der Waals surface area contributed by atoms with Gasteiger partial charge in [0.1, 0.15) is 0 Å². The van der Waals surface area contributed by atoms with Gasteiger partial charge in [0.25, 0.3) is 0 Å². The lowest BCUT2D eigenvalue weighted by molar-refractivity contribution is -0.0540. The van der Waals surface area contributed by atoms with Gasteiger partial charge in [-0.3, -0.25) is 4.90 Å². The third-order valence-corrected chi connectivity index (χ3v) is 4.95. The molecule has 0 radical (unpaired) electrons. The van der Waals surface area contributed by atoms with E-state index in [1.54, 1.807) is 0 Å². The number of aliphatic hydroxyl groups excluding tert-OH is 2. The molecule has 0 spiro atoms. The van der Waals surface area contributed by atoms with E-state index in [0.717, 1.165) is 44.9 Å². The Morgan fingerprint density at radius 2 is 2.11 bits per heavy atom. The van der Waals surface area contributed by atoms with Crippen LogP contribution in [0, 0.1) is 17.8 Å². The number of nitrogens with zero attached hydrogens (tertiary/aromatic N) is 1. The summed E-state index contributed by atoms with van der Waals surface area (Å²) >= 11 is 0. The summed E-state index contributed by atoms with van der Waals surface area (Å²) in [7, 11) is 0. The molecule has 0 amide bonds. The molecule has 4 unspecified atom stereocenters. The molecule has 1 aliphatic carbocycles. The van der Waals surface area contributed by atoms with E-state index < -0.39 is 0 Å². The van der Waals surface area contributed by atoms with Gasteiger partial charge in [-0.1, -0.05) is 13.8 Å². The van der Waals surface area contributed by atoms with Gasteiger partial charge in [0, 0.05) is 13.1 Å². The molecular formula is C15H29NO3. The minimum atomic E-state index is -0.169. The topological polar surface area (TPSA) is 52.9 Å². The Labute approximate surface area is 116 Å². The first-order chi connectivity index (χ1) is 9.11. The second-order valence-electron chi connectivity index (χ2n) is 6.55. The van der Waals surface area contributed by atoms with Crippen molar-refractivity contribution >= 4 is 0 Å². The van der Waals surface area contributed by atoms with E-state index in [1.165, 1.54) is 0 Å².